The summed E-state index contributed by atoms with van der Waals surface area (Å²) in [5.41, 5.74) is 2.63. The van der Waals surface area contributed by atoms with Crippen LogP contribution in [0, 0.1) is 5.82 Å². The zero-order chi connectivity index (χ0) is 20.5. The number of fused-ring (bicyclic) bond motifs is 3. The molecule has 7 heteroatoms. The highest BCUT2D eigenvalue weighted by Gasteiger charge is 2.17. The average Bonchev–Trinajstić information content (AvgIpc) is 3.15. The molecule has 0 N–H and O–H groups in total. The van der Waals surface area contributed by atoms with Crippen LogP contribution in [-0.4, -0.2) is 14.5 Å². The Bertz CT molecular complexity index is 1400. The van der Waals surface area contributed by atoms with Gasteiger partial charge in [0.05, 0.1) is 12.1 Å². The Morgan fingerprint density at radius 1 is 0.967 bits per heavy atom. The van der Waals surface area contributed by atoms with E-state index in [1.807, 2.05) is 42.5 Å². The van der Waals surface area contributed by atoms with Gasteiger partial charge in [-0.15, -0.1) is 11.3 Å². The third-order valence-electron chi connectivity index (χ3n) is 4.78. The van der Waals surface area contributed by atoms with Gasteiger partial charge >= 0.3 is 0 Å². The van der Waals surface area contributed by atoms with Crippen molar-refractivity contribution in [2.75, 3.05) is 0 Å². The van der Waals surface area contributed by atoms with Crippen LogP contribution in [0.25, 0.3) is 20.4 Å². The largest absolute Gasteiger partial charge is 0.282 e. The first-order valence-electron chi connectivity index (χ1n) is 9.38. The van der Waals surface area contributed by atoms with Crippen molar-refractivity contribution in [3.8, 4) is 0 Å². The molecular weight excluding hydrogens is 417 g/mol. The average molecular weight is 434 g/mol. The number of nitrogens with zero attached hydrogens (tertiary/aromatic N) is 3. The summed E-state index contributed by atoms with van der Waals surface area (Å²) in [6.45, 7) is 0.441. The predicted molar refractivity (Wildman–Crippen MR) is 121 cm³/mol. The molecule has 0 unspecified atom stereocenters. The lowest BCUT2D eigenvalue weighted by Gasteiger charge is -2.12. The molecule has 0 aliphatic carbocycles. The molecule has 0 spiro atoms. The minimum atomic E-state index is -0.262. The van der Waals surface area contributed by atoms with Crippen LogP contribution in [0.1, 0.15) is 11.1 Å². The Hall–Kier alpha value is -3.03. The monoisotopic (exact) mass is 433 g/mol. The van der Waals surface area contributed by atoms with Gasteiger partial charge < -0.3 is 0 Å². The van der Waals surface area contributed by atoms with E-state index < -0.39 is 0 Å². The van der Waals surface area contributed by atoms with Crippen molar-refractivity contribution in [3.05, 3.63) is 100 Å². The number of thiophene rings is 1. The van der Waals surface area contributed by atoms with E-state index in [1.165, 1.54) is 35.2 Å². The van der Waals surface area contributed by atoms with Crippen molar-refractivity contribution in [2.45, 2.75) is 17.5 Å². The molecule has 0 fully saturated rings. The third kappa shape index (κ3) is 3.62. The molecule has 0 radical (unpaired) electrons. The Morgan fingerprint density at radius 2 is 1.77 bits per heavy atom. The smallest absolute Gasteiger partial charge is 0.272 e. The van der Waals surface area contributed by atoms with Crippen molar-refractivity contribution in [2.24, 2.45) is 0 Å². The topological polar surface area (TPSA) is 47.8 Å². The standard InChI is InChI=1S/C23H16FN3OS2/c24-17-10-8-16(9-11-17)14-29-23-26-19-18-7-4-12-25-21(18)30-20(19)22(28)27(23)13-15-5-2-1-3-6-15/h1-12H,13-14H2. The minimum Gasteiger partial charge on any atom is -0.282 e. The maximum atomic E-state index is 13.4. The van der Waals surface area contributed by atoms with E-state index in [4.69, 9.17) is 4.98 Å². The summed E-state index contributed by atoms with van der Waals surface area (Å²) < 4.78 is 15.6. The van der Waals surface area contributed by atoms with Crippen LogP contribution in [0.4, 0.5) is 4.39 Å². The Kier molecular flexibility index (Phi) is 5.06. The fraction of sp³-hybridized carbons (Fsp3) is 0.0870. The summed E-state index contributed by atoms with van der Waals surface area (Å²) in [5.74, 6) is 0.328. The van der Waals surface area contributed by atoms with Crippen molar-refractivity contribution in [1.82, 2.24) is 14.5 Å². The molecule has 3 heterocycles. The fourth-order valence-electron chi connectivity index (χ4n) is 3.29. The van der Waals surface area contributed by atoms with Gasteiger partial charge in [0.15, 0.2) is 5.16 Å². The maximum absolute atomic E-state index is 13.4. The number of hydrogen-bond acceptors (Lipinski definition) is 5. The quantitative estimate of drug-likeness (QED) is 0.272. The predicted octanol–water partition coefficient (Wildman–Crippen LogP) is 5.49. The summed E-state index contributed by atoms with van der Waals surface area (Å²) in [6, 6.07) is 20.1. The second-order valence-corrected chi connectivity index (χ2v) is 8.76. The van der Waals surface area contributed by atoms with E-state index >= 15 is 0 Å². The van der Waals surface area contributed by atoms with Gasteiger partial charge in [0.1, 0.15) is 15.3 Å². The zero-order valence-electron chi connectivity index (χ0n) is 15.8. The molecule has 4 nitrogen and oxygen atoms in total. The van der Waals surface area contributed by atoms with E-state index in [2.05, 4.69) is 4.98 Å². The van der Waals surface area contributed by atoms with Crippen molar-refractivity contribution < 1.29 is 4.39 Å². The zero-order valence-corrected chi connectivity index (χ0v) is 17.4. The number of rotatable bonds is 5. The van der Waals surface area contributed by atoms with Crippen molar-refractivity contribution >= 4 is 43.5 Å². The molecule has 30 heavy (non-hydrogen) atoms. The fourth-order valence-corrected chi connectivity index (χ4v) is 5.26. The van der Waals surface area contributed by atoms with Gasteiger partial charge in [0.25, 0.3) is 5.56 Å². The van der Waals surface area contributed by atoms with Crippen LogP contribution >= 0.6 is 23.1 Å². The maximum Gasteiger partial charge on any atom is 0.272 e. The molecule has 5 aromatic rings. The number of hydrogen-bond donors (Lipinski definition) is 0. The molecule has 0 atom stereocenters. The van der Waals surface area contributed by atoms with Crippen LogP contribution in [0.2, 0.25) is 0 Å². The normalized spacial score (nSPS) is 11.4. The van der Waals surface area contributed by atoms with Crippen LogP contribution in [0.3, 0.4) is 0 Å². The summed E-state index contributed by atoms with van der Waals surface area (Å²) in [7, 11) is 0. The highest BCUT2D eigenvalue weighted by atomic mass is 32.2. The highest BCUT2D eigenvalue weighted by molar-refractivity contribution is 7.98. The lowest BCUT2D eigenvalue weighted by Crippen LogP contribution is -2.23. The molecule has 3 aromatic heterocycles. The van der Waals surface area contributed by atoms with Gasteiger partial charge in [0.2, 0.25) is 0 Å². The molecule has 2 aromatic carbocycles. The molecule has 5 rings (SSSR count). The van der Waals surface area contributed by atoms with Gasteiger partial charge in [-0.2, -0.15) is 0 Å². The SMILES string of the molecule is O=c1c2sc3ncccc3c2nc(SCc2ccc(F)cc2)n1Cc1ccccc1. The Labute approximate surface area is 180 Å². The number of pyridine rings is 1. The first-order valence-corrected chi connectivity index (χ1v) is 11.2. The van der Waals surface area contributed by atoms with Crippen LogP contribution < -0.4 is 5.56 Å². The van der Waals surface area contributed by atoms with E-state index in [1.54, 1.807) is 22.9 Å². The summed E-state index contributed by atoms with van der Waals surface area (Å²) >= 11 is 2.86. The second kappa shape index (κ2) is 8.01. The van der Waals surface area contributed by atoms with Crippen molar-refractivity contribution in [1.29, 1.82) is 0 Å². The molecule has 0 aliphatic heterocycles. The van der Waals surface area contributed by atoms with Gasteiger partial charge in [-0.3, -0.25) is 9.36 Å². The number of halogens is 1. The molecule has 0 aliphatic rings. The number of thioether (sulfide) groups is 1. The van der Waals surface area contributed by atoms with Gasteiger partial charge in [-0.05, 0) is 35.4 Å². The van der Waals surface area contributed by atoms with Gasteiger partial charge in [-0.1, -0.05) is 54.2 Å². The molecular formula is C23H16FN3OS2. The Morgan fingerprint density at radius 3 is 2.57 bits per heavy atom. The molecule has 0 saturated carbocycles. The van der Waals surface area contributed by atoms with Crippen molar-refractivity contribution in [3.63, 3.8) is 0 Å². The van der Waals surface area contributed by atoms with Crippen LogP contribution in [0.15, 0.2) is 82.9 Å². The Balaban J connectivity index is 1.63. The molecule has 0 amide bonds. The summed E-state index contributed by atoms with van der Waals surface area (Å²) in [6.07, 6.45) is 1.73. The third-order valence-corrected chi connectivity index (χ3v) is 6.92. The number of aromatic nitrogens is 3. The van der Waals surface area contributed by atoms with E-state index in [0.717, 1.165) is 21.3 Å². The van der Waals surface area contributed by atoms with Crippen LogP contribution in [-0.2, 0) is 12.3 Å². The summed E-state index contributed by atoms with van der Waals surface area (Å²) in [5, 5.41) is 1.54. The lowest BCUT2D eigenvalue weighted by molar-refractivity contribution is 0.627. The van der Waals surface area contributed by atoms with Crippen LogP contribution in [0.5, 0.6) is 0 Å². The molecule has 0 bridgehead atoms. The van der Waals surface area contributed by atoms with E-state index in [-0.39, 0.29) is 11.4 Å². The lowest BCUT2D eigenvalue weighted by atomic mass is 10.2. The number of benzene rings is 2. The van der Waals surface area contributed by atoms with Gasteiger partial charge in [-0.25, -0.2) is 14.4 Å². The molecule has 0 saturated heterocycles. The first-order chi connectivity index (χ1) is 14.7. The second-order valence-electron chi connectivity index (χ2n) is 6.82. The highest BCUT2D eigenvalue weighted by Crippen LogP contribution is 2.31. The molecule has 148 valence electrons. The first kappa shape index (κ1) is 19.0. The minimum absolute atomic E-state index is 0.0616. The van der Waals surface area contributed by atoms with E-state index in [9.17, 15) is 9.18 Å². The summed E-state index contributed by atoms with van der Waals surface area (Å²) in [4.78, 5) is 23.5. The van der Waals surface area contributed by atoms with Gasteiger partial charge in [0, 0.05) is 17.3 Å². The van der Waals surface area contributed by atoms with E-state index in [0.29, 0.717) is 27.7 Å².